The summed E-state index contributed by atoms with van der Waals surface area (Å²) < 4.78 is 0. The lowest BCUT2D eigenvalue weighted by atomic mass is 10.1. The fourth-order valence-corrected chi connectivity index (χ4v) is 2.09. The van der Waals surface area contributed by atoms with Gasteiger partial charge >= 0.3 is 6.03 Å². The first-order valence-electron chi connectivity index (χ1n) is 5.82. The van der Waals surface area contributed by atoms with Gasteiger partial charge in [-0.1, -0.05) is 18.2 Å². The van der Waals surface area contributed by atoms with Gasteiger partial charge in [0.2, 0.25) is 5.91 Å². The van der Waals surface area contributed by atoms with Crippen molar-refractivity contribution in [2.75, 3.05) is 18.0 Å². The lowest BCUT2D eigenvalue weighted by Crippen LogP contribution is -2.52. The summed E-state index contributed by atoms with van der Waals surface area (Å²) in [4.78, 5) is 26.7. The van der Waals surface area contributed by atoms with E-state index in [1.54, 1.807) is 4.90 Å². The molecular weight excluding hydrogens is 216 g/mol. The van der Waals surface area contributed by atoms with Crippen molar-refractivity contribution >= 4 is 17.6 Å². The van der Waals surface area contributed by atoms with E-state index in [-0.39, 0.29) is 11.9 Å². The number of rotatable bonds is 2. The number of aryl methyl sites for hydroxylation is 1. The number of nitrogens with zero attached hydrogens (tertiary/aromatic N) is 2. The van der Waals surface area contributed by atoms with Gasteiger partial charge in [0.1, 0.15) is 0 Å². The van der Waals surface area contributed by atoms with Crippen molar-refractivity contribution in [2.45, 2.75) is 20.3 Å². The number of hydrogen-bond donors (Lipinski definition) is 0. The first-order valence-corrected chi connectivity index (χ1v) is 5.82. The number of urea groups is 1. The highest BCUT2D eigenvalue weighted by molar-refractivity contribution is 6.05. The molecule has 0 atom stereocenters. The Balaban J connectivity index is 2.32. The van der Waals surface area contributed by atoms with Crippen molar-refractivity contribution < 1.29 is 9.59 Å². The second-order valence-corrected chi connectivity index (χ2v) is 4.11. The maximum Gasteiger partial charge on any atom is 0.331 e. The highest BCUT2D eigenvalue weighted by Crippen LogP contribution is 2.23. The lowest BCUT2D eigenvalue weighted by Gasteiger charge is -2.34. The zero-order valence-electron chi connectivity index (χ0n) is 10.1. The Morgan fingerprint density at radius 3 is 2.59 bits per heavy atom. The second-order valence-electron chi connectivity index (χ2n) is 4.11. The standard InChI is InChI=1S/C13H16N2O2/c1-3-14-12(16)8-9-15(13(14)17)11-7-5-4-6-10(11)2/h4-7H,3,8-9H2,1-2H3. The summed E-state index contributed by atoms with van der Waals surface area (Å²) in [5.41, 5.74) is 1.94. The van der Waals surface area contributed by atoms with Gasteiger partial charge in [-0.05, 0) is 25.5 Å². The van der Waals surface area contributed by atoms with Crippen LogP contribution < -0.4 is 4.90 Å². The molecule has 0 aromatic heterocycles. The molecule has 0 bridgehead atoms. The van der Waals surface area contributed by atoms with Gasteiger partial charge in [0.15, 0.2) is 0 Å². The summed E-state index contributed by atoms with van der Waals surface area (Å²) in [5, 5.41) is 0. The predicted molar refractivity (Wildman–Crippen MR) is 65.9 cm³/mol. The largest absolute Gasteiger partial charge is 0.331 e. The number of anilines is 1. The summed E-state index contributed by atoms with van der Waals surface area (Å²) in [7, 11) is 0. The number of carbonyl (C=O) groups is 2. The van der Waals surface area contributed by atoms with Gasteiger partial charge in [0.25, 0.3) is 0 Å². The Bertz CT molecular complexity index is 456. The van der Waals surface area contributed by atoms with E-state index in [0.29, 0.717) is 19.5 Å². The maximum atomic E-state index is 12.2. The molecule has 1 fully saturated rings. The van der Waals surface area contributed by atoms with Gasteiger partial charge in [-0.15, -0.1) is 0 Å². The number of carbonyl (C=O) groups excluding carboxylic acids is 2. The molecular formula is C13H16N2O2. The fraction of sp³-hybridized carbons (Fsp3) is 0.385. The molecule has 0 radical (unpaired) electrons. The molecule has 1 aromatic carbocycles. The molecule has 4 nitrogen and oxygen atoms in total. The third kappa shape index (κ3) is 2.02. The molecule has 2 rings (SSSR count). The minimum Gasteiger partial charge on any atom is -0.293 e. The number of benzene rings is 1. The summed E-state index contributed by atoms with van der Waals surface area (Å²) in [6, 6.07) is 7.52. The third-order valence-electron chi connectivity index (χ3n) is 3.03. The van der Waals surface area contributed by atoms with E-state index in [1.165, 1.54) is 4.90 Å². The van der Waals surface area contributed by atoms with E-state index in [9.17, 15) is 9.59 Å². The second kappa shape index (κ2) is 4.57. The Morgan fingerprint density at radius 2 is 1.94 bits per heavy atom. The van der Waals surface area contributed by atoms with Crippen LogP contribution in [0.15, 0.2) is 24.3 Å². The Morgan fingerprint density at radius 1 is 1.24 bits per heavy atom. The molecule has 0 N–H and O–H groups in total. The molecule has 0 aliphatic carbocycles. The molecule has 3 amide bonds. The van der Waals surface area contributed by atoms with E-state index >= 15 is 0 Å². The van der Waals surface area contributed by atoms with E-state index in [1.807, 2.05) is 38.1 Å². The molecule has 1 saturated heterocycles. The average molecular weight is 232 g/mol. The zero-order valence-corrected chi connectivity index (χ0v) is 10.1. The van der Waals surface area contributed by atoms with Crippen LogP contribution in [-0.2, 0) is 4.79 Å². The molecule has 0 saturated carbocycles. The van der Waals surface area contributed by atoms with E-state index < -0.39 is 0 Å². The van der Waals surface area contributed by atoms with Crippen LogP contribution in [0.5, 0.6) is 0 Å². The minimum absolute atomic E-state index is 0.0812. The minimum atomic E-state index is -0.210. The monoisotopic (exact) mass is 232 g/mol. The molecule has 17 heavy (non-hydrogen) atoms. The SMILES string of the molecule is CCN1C(=O)CCN(c2ccccc2C)C1=O. The normalized spacial score (nSPS) is 16.6. The van der Waals surface area contributed by atoms with Gasteiger partial charge in [0.05, 0.1) is 0 Å². The van der Waals surface area contributed by atoms with Crippen LogP contribution in [-0.4, -0.2) is 29.9 Å². The molecule has 0 spiro atoms. The molecule has 1 aliphatic rings. The third-order valence-corrected chi connectivity index (χ3v) is 3.03. The summed E-state index contributed by atoms with van der Waals surface area (Å²) >= 11 is 0. The van der Waals surface area contributed by atoms with Gasteiger partial charge < -0.3 is 0 Å². The maximum absolute atomic E-state index is 12.2. The van der Waals surface area contributed by atoms with Crippen molar-refractivity contribution in [2.24, 2.45) is 0 Å². The number of amides is 3. The molecule has 4 heteroatoms. The highest BCUT2D eigenvalue weighted by atomic mass is 16.2. The number of imide groups is 1. The van der Waals surface area contributed by atoms with Gasteiger partial charge in [-0.25, -0.2) is 4.79 Å². The summed E-state index contributed by atoms with van der Waals surface area (Å²) in [6.45, 7) is 4.69. The van der Waals surface area contributed by atoms with Crippen LogP contribution in [0.2, 0.25) is 0 Å². The molecule has 1 aromatic rings. The van der Waals surface area contributed by atoms with Gasteiger partial charge in [0, 0.05) is 25.2 Å². The van der Waals surface area contributed by atoms with Crippen molar-refractivity contribution in [1.29, 1.82) is 0 Å². The Kier molecular flexibility index (Phi) is 3.13. The average Bonchev–Trinajstić information content (AvgIpc) is 2.31. The molecule has 0 unspecified atom stereocenters. The van der Waals surface area contributed by atoms with Crippen molar-refractivity contribution in [1.82, 2.24) is 4.90 Å². The van der Waals surface area contributed by atoms with Gasteiger partial charge in [-0.3, -0.25) is 14.6 Å². The highest BCUT2D eigenvalue weighted by Gasteiger charge is 2.31. The quantitative estimate of drug-likeness (QED) is 0.784. The topological polar surface area (TPSA) is 40.6 Å². The molecule has 1 heterocycles. The lowest BCUT2D eigenvalue weighted by molar-refractivity contribution is -0.128. The fourth-order valence-electron chi connectivity index (χ4n) is 2.09. The number of hydrogen-bond acceptors (Lipinski definition) is 2. The molecule has 1 aliphatic heterocycles. The van der Waals surface area contributed by atoms with Crippen LogP contribution in [0.25, 0.3) is 0 Å². The van der Waals surface area contributed by atoms with Crippen molar-refractivity contribution in [3.8, 4) is 0 Å². The van der Waals surface area contributed by atoms with Crippen LogP contribution in [0.1, 0.15) is 18.9 Å². The van der Waals surface area contributed by atoms with E-state index in [2.05, 4.69) is 0 Å². The van der Waals surface area contributed by atoms with E-state index in [0.717, 1.165) is 11.3 Å². The number of para-hydroxylation sites is 1. The summed E-state index contributed by atoms with van der Waals surface area (Å²) in [6.07, 6.45) is 0.397. The Labute approximate surface area is 101 Å². The summed E-state index contributed by atoms with van der Waals surface area (Å²) in [5.74, 6) is -0.0812. The predicted octanol–water partition coefficient (Wildman–Crippen LogP) is 2.17. The van der Waals surface area contributed by atoms with Crippen molar-refractivity contribution in [3.63, 3.8) is 0 Å². The van der Waals surface area contributed by atoms with Crippen LogP contribution >= 0.6 is 0 Å². The van der Waals surface area contributed by atoms with Crippen LogP contribution in [0, 0.1) is 6.92 Å². The van der Waals surface area contributed by atoms with Crippen LogP contribution in [0.4, 0.5) is 10.5 Å². The van der Waals surface area contributed by atoms with E-state index in [4.69, 9.17) is 0 Å². The van der Waals surface area contributed by atoms with Gasteiger partial charge in [-0.2, -0.15) is 0 Å². The van der Waals surface area contributed by atoms with Crippen molar-refractivity contribution in [3.05, 3.63) is 29.8 Å². The Hall–Kier alpha value is -1.84. The molecule has 90 valence electrons. The zero-order chi connectivity index (χ0) is 12.4. The van der Waals surface area contributed by atoms with Crippen LogP contribution in [0.3, 0.4) is 0 Å². The first kappa shape index (κ1) is 11.6. The first-order chi connectivity index (χ1) is 8.15. The smallest absolute Gasteiger partial charge is 0.293 e.